The van der Waals surface area contributed by atoms with Crippen LogP contribution in [0.5, 0.6) is 0 Å². The molecule has 80 valence electrons. The summed E-state index contributed by atoms with van der Waals surface area (Å²) in [6.07, 6.45) is 1.44. The second-order valence-electron chi connectivity index (χ2n) is 4.07. The van der Waals surface area contributed by atoms with E-state index in [1.54, 1.807) is 0 Å². The molecule has 15 heavy (non-hydrogen) atoms. The molecule has 1 amide bonds. The van der Waals surface area contributed by atoms with Crippen molar-refractivity contribution in [2.75, 3.05) is 11.9 Å². The lowest BCUT2D eigenvalue weighted by Crippen LogP contribution is -2.24. The van der Waals surface area contributed by atoms with Gasteiger partial charge in [0.05, 0.1) is 0 Å². The number of amides is 1. The molecular weight excluding hydrogens is 188 g/mol. The molecule has 0 fully saturated rings. The number of hydrogen-bond donors (Lipinski definition) is 2. The molecule has 3 N–H and O–H groups in total. The summed E-state index contributed by atoms with van der Waals surface area (Å²) in [7, 11) is 0. The molecule has 0 spiro atoms. The number of anilines is 1. The predicted octanol–water partition coefficient (Wildman–Crippen LogP) is 1.77. The monoisotopic (exact) mass is 204 g/mol. The Hall–Kier alpha value is -1.35. The van der Waals surface area contributed by atoms with Gasteiger partial charge in [0.2, 0.25) is 5.91 Å². The van der Waals surface area contributed by atoms with Gasteiger partial charge in [0.15, 0.2) is 0 Å². The van der Waals surface area contributed by atoms with E-state index in [0.717, 1.165) is 17.7 Å². The molecule has 1 aromatic carbocycles. The van der Waals surface area contributed by atoms with E-state index in [1.807, 2.05) is 19.1 Å². The SMILES string of the molecule is Cc1cccc2c1NC(=O)CC2CCN. The molecule has 1 unspecified atom stereocenters. The van der Waals surface area contributed by atoms with Crippen molar-refractivity contribution in [3.63, 3.8) is 0 Å². The number of aryl methyl sites for hydroxylation is 1. The van der Waals surface area contributed by atoms with Crippen LogP contribution in [-0.2, 0) is 4.79 Å². The van der Waals surface area contributed by atoms with Crippen molar-refractivity contribution in [1.82, 2.24) is 0 Å². The van der Waals surface area contributed by atoms with Gasteiger partial charge < -0.3 is 11.1 Å². The van der Waals surface area contributed by atoms with Crippen LogP contribution >= 0.6 is 0 Å². The smallest absolute Gasteiger partial charge is 0.225 e. The van der Waals surface area contributed by atoms with Gasteiger partial charge in [-0.1, -0.05) is 18.2 Å². The maximum atomic E-state index is 11.5. The maximum Gasteiger partial charge on any atom is 0.225 e. The number of nitrogens with two attached hydrogens (primary N) is 1. The Balaban J connectivity index is 2.41. The standard InChI is InChI=1S/C12H16N2O/c1-8-3-2-4-10-9(5-6-13)7-11(15)14-12(8)10/h2-4,9H,5-7,13H2,1H3,(H,14,15). The van der Waals surface area contributed by atoms with Crippen molar-refractivity contribution >= 4 is 11.6 Å². The first-order chi connectivity index (χ1) is 7.22. The molecule has 0 radical (unpaired) electrons. The molecule has 2 rings (SSSR count). The predicted molar refractivity (Wildman–Crippen MR) is 60.8 cm³/mol. The summed E-state index contributed by atoms with van der Waals surface area (Å²) in [5.41, 5.74) is 8.92. The Bertz CT molecular complexity index is 387. The highest BCUT2D eigenvalue weighted by Crippen LogP contribution is 2.35. The van der Waals surface area contributed by atoms with Crippen LogP contribution in [-0.4, -0.2) is 12.5 Å². The molecular formula is C12H16N2O. The lowest BCUT2D eigenvalue weighted by Gasteiger charge is -2.26. The number of benzene rings is 1. The number of nitrogens with one attached hydrogen (secondary N) is 1. The minimum atomic E-state index is 0.107. The summed E-state index contributed by atoms with van der Waals surface area (Å²) in [5.74, 6) is 0.397. The average molecular weight is 204 g/mol. The summed E-state index contributed by atoms with van der Waals surface area (Å²) in [6, 6.07) is 6.14. The summed E-state index contributed by atoms with van der Waals surface area (Å²) < 4.78 is 0. The van der Waals surface area contributed by atoms with E-state index < -0.39 is 0 Å². The van der Waals surface area contributed by atoms with E-state index in [4.69, 9.17) is 5.73 Å². The van der Waals surface area contributed by atoms with Crippen molar-refractivity contribution < 1.29 is 4.79 Å². The van der Waals surface area contributed by atoms with Crippen molar-refractivity contribution in [2.45, 2.75) is 25.7 Å². The van der Waals surface area contributed by atoms with E-state index in [2.05, 4.69) is 11.4 Å². The highest BCUT2D eigenvalue weighted by Gasteiger charge is 2.24. The fourth-order valence-corrected chi connectivity index (χ4v) is 2.18. The van der Waals surface area contributed by atoms with Gasteiger partial charge >= 0.3 is 0 Å². The van der Waals surface area contributed by atoms with Crippen molar-refractivity contribution in [3.8, 4) is 0 Å². The van der Waals surface area contributed by atoms with Gasteiger partial charge in [-0.25, -0.2) is 0 Å². The molecule has 0 aliphatic carbocycles. The van der Waals surface area contributed by atoms with Gasteiger partial charge in [-0.15, -0.1) is 0 Å². The Kier molecular flexibility index (Phi) is 2.73. The highest BCUT2D eigenvalue weighted by atomic mass is 16.1. The first kappa shape index (κ1) is 10.2. The normalized spacial score (nSPS) is 19.6. The first-order valence-electron chi connectivity index (χ1n) is 5.32. The fraction of sp³-hybridized carbons (Fsp3) is 0.417. The van der Waals surface area contributed by atoms with E-state index in [9.17, 15) is 4.79 Å². The number of para-hydroxylation sites is 1. The maximum absolute atomic E-state index is 11.5. The second kappa shape index (κ2) is 4.03. The summed E-state index contributed by atoms with van der Waals surface area (Å²) >= 11 is 0. The number of hydrogen-bond acceptors (Lipinski definition) is 2. The fourth-order valence-electron chi connectivity index (χ4n) is 2.18. The third kappa shape index (κ3) is 1.88. The van der Waals surface area contributed by atoms with Gasteiger partial charge in [0, 0.05) is 12.1 Å². The van der Waals surface area contributed by atoms with Crippen molar-refractivity contribution in [2.24, 2.45) is 5.73 Å². The molecule has 0 bridgehead atoms. The van der Waals surface area contributed by atoms with Gasteiger partial charge in [-0.3, -0.25) is 4.79 Å². The van der Waals surface area contributed by atoms with Crippen LogP contribution in [0.15, 0.2) is 18.2 Å². The number of fused-ring (bicyclic) bond motifs is 1. The summed E-state index contributed by atoms with van der Waals surface area (Å²) in [5, 5.41) is 2.94. The lowest BCUT2D eigenvalue weighted by atomic mass is 9.86. The van der Waals surface area contributed by atoms with Crippen LogP contribution in [0.25, 0.3) is 0 Å². The van der Waals surface area contributed by atoms with Crippen LogP contribution in [0.4, 0.5) is 5.69 Å². The van der Waals surface area contributed by atoms with Gasteiger partial charge in [-0.2, -0.15) is 0 Å². The number of rotatable bonds is 2. The zero-order chi connectivity index (χ0) is 10.8. The molecule has 0 saturated carbocycles. The molecule has 0 saturated heterocycles. The van der Waals surface area contributed by atoms with E-state index in [1.165, 1.54) is 5.56 Å². The molecule has 1 atom stereocenters. The average Bonchev–Trinajstić information content (AvgIpc) is 2.20. The summed E-state index contributed by atoms with van der Waals surface area (Å²) in [4.78, 5) is 11.5. The Labute approximate surface area is 89.7 Å². The Morgan fingerprint density at radius 2 is 2.33 bits per heavy atom. The quantitative estimate of drug-likeness (QED) is 0.771. The third-order valence-corrected chi connectivity index (χ3v) is 2.96. The van der Waals surface area contributed by atoms with Crippen LogP contribution in [0.1, 0.15) is 29.9 Å². The zero-order valence-electron chi connectivity index (χ0n) is 8.92. The minimum absolute atomic E-state index is 0.107. The first-order valence-corrected chi connectivity index (χ1v) is 5.32. The minimum Gasteiger partial charge on any atom is -0.330 e. The van der Waals surface area contributed by atoms with Crippen molar-refractivity contribution in [1.29, 1.82) is 0 Å². The van der Waals surface area contributed by atoms with E-state index >= 15 is 0 Å². The van der Waals surface area contributed by atoms with Crippen LogP contribution in [0, 0.1) is 6.92 Å². The lowest BCUT2D eigenvalue weighted by molar-refractivity contribution is -0.116. The molecule has 1 aliphatic heterocycles. The van der Waals surface area contributed by atoms with Crippen molar-refractivity contribution in [3.05, 3.63) is 29.3 Å². The molecule has 0 aromatic heterocycles. The van der Waals surface area contributed by atoms with Crippen LogP contribution in [0.3, 0.4) is 0 Å². The molecule has 3 heteroatoms. The second-order valence-corrected chi connectivity index (χ2v) is 4.07. The van der Waals surface area contributed by atoms with Gasteiger partial charge in [0.1, 0.15) is 0 Å². The number of carbonyl (C=O) groups excluding carboxylic acids is 1. The number of carbonyl (C=O) groups is 1. The highest BCUT2D eigenvalue weighted by molar-refractivity contribution is 5.95. The topological polar surface area (TPSA) is 55.1 Å². The Morgan fingerprint density at radius 3 is 3.07 bits per heavy atom. The molecule has 1 aliphatic rings. The Morgan fingerprint density at radius 1 is 1.53 bits per heavy atom. The molecule has 1 aromatic rings. The van der Waals surface area contributed by atoms with E-state index in [-0.39, 0.29) is 5.91 Å². The third-order valence-electron chi connectivity index (χ3n) is 2.96. The van der Waals surface area contributed by atoms with Gasteiger partial charge in [0.25, 0.3) is 0 Å². The van der Waals surface area contributed by atoms with Crippen LogP contribution in [0.2, 0.25) is 0 Å². The molecule has 3 nitrogen and oxygen atoms in total. The zero-order valence-corrected chi connectivity index (χ0v) is 8.92. The van der Waals surface area contributed by atoms with Gasteiger partial charge in [-0.05, 0) is 36.9 Å². The van der Waals surface area contributed by atoms with E-state index in [0.29, 0.717) is 18.9 Å². The molecule has 1 heterocycles. The van der Waals surface area contributed by atoms with Crippen LogP contribution < -0.4 is 11.1 Å². The summed E-state index contributed by atoms with van der Waals surface area (Å²) in [6.45, 7) is 2.65. The largest absolute Gasteiger partial charge is 0.330 e.